The predicted octanol–water partition coefficient (Wildman–Crippen LogP) is 0.969. The van der Waals surface area contributed by atoms with E-state index in [1.807, 2.05) is 0 Å². The van der Waals surface area contributed by atoms with E-state index in [4.69, 9.17) is 5.26 Å². The van der Waals surface area contributed by atoms with Crippen LogP contribution in [0.15, 0.2) is 24.3 Å². The van der Waals surface area contributed by atoms with Crippen LogP contribution in [-0.4, -0.2) is 25.1 Å². The van der Waals surface area contributed by atoms with E-state index in [2.05, 4.69) is 4.72 Å². The summed E-state index contributed by atoms with van der Waals surface area (Å²) in [5.74, 6) is 0. The molecule has 1 unspecified atom stereocenters. The van der Waals surface area contributed by atoms with Crippen molar-refractivity contribution in [2.75, 3.05) is 6.54 Å². The zero-order chi connectivity index (χ0) is 14.5. The summed E-state index contributed by atoms with van der Waals surface area (Å²) >= 11 is 0. The third-order valence-electron chi connectivity index (χ3n) is 2.51. The minimum atomic E-state index is -3.62. The molecule has 0 amide bonds. The van der Waals surface area contributed by atoms with Crippen molar-refractivity contribution in [3.63, 3.8) is 0 Å². The molecule has 0 fully saturated rings. The molecule has 1 aromatic carbocycles. The smallest absolute Gasteiger partial charge is 0.258 e. The maximum absolute atomic E-state index is 11.5. The molecule has 0 saturated heterocycles. The monoisotopic (exact) mass is 283 g/mol. The van der Waals surface area contributed by atoms with Crippen LogP contribution in [0.5, 0.6) is 0 Å². The molecular formula is C11H13N3O4S. The fraction of sp³-hybridized carbons (Fsp3) is 0.364. The van der Waals surface area contributed by atoms with Gasteiger partial charge in [0, 0.05) is 18.7 Å². The van der Waals surface area contributed by atoms with Crippen molar-refractivity contribution in [1.29, 1.82) is 5.26 Å². The highest BCUT2D eigenvalue weighted by Crippen LogP contribution is 2.12. The van der Waals surface area contributed by atoms with Crippen LogP contribution in [0.3, 0.4) is 0 Å². The first-order valence-corrected chi connectivity index (χ1v) is 7.03. The Bertz CT molecular complexity index is 589. The summed E-state index contributed by atoms with van der Waals surface area (Å²) in [6, 6.07) is 7.51. The third kappa shape index (κ3) is 4.31. The van der Waals surface area contributed by atoms with Crippen molar-refractivity contribution < 1.29 is 13.3 Å². The van der Waals surface area contributed by atoms with Gasteiger partial charge in [0.25, 0.3) is 5.69 Å². The Morgan fingerprint density at radius 3 is 2.47 bits per heavy atom. The zero-order valence-electron chi connectivity index (χ0n) is 10.2. The molecule has 1 rings (SSSR count). The van der Waals surface area contributed by atoms with E-state index in [0.29, 0.717) is 6.42 Å². The molecule has 0 aromatic heterocycles. The van der Waals surface area contributed by atoms with Gasteiger partial charge in [0.15, 0.2) is 5.25 Å². The number of nitro benzene ring substituents is 1. The van der Waals surface area contributed by atoms with Crippen LogP contribution >= 0.6 is 0 Å². The number of hydrogen-bond donors (Lipinski definition) is 1. The van der Waals surface area contributed by atoms with Gasteiger partial charge < -0.3 is 0 Å². The van der Waals surface area contributed by atoms with Crippen LogP contribution in [0.4, 0.5) is 5.69 Å². The van der Waals surface area contributed by atoms with Crippen molar-refractivity contribution >= 4 is 15.7 Å². The van der Waals surface area contributed by atoms with Crippen LogP contribution in [0, 0.1) is 21.4 Å². The Balaban J connectivity index is 2.55. The van der Waals surface area contributed by atoms with Crippen molar-refractivity contribution in [1.82, 2.24) is 4.72 Å². The number of nitrogens with zero attached hydrogens (tertiary/aromatic N) is 2. The van der Waals surface area contributed by atoms with Crippen LogP contribution in [-0.2, 0) is 16.4 Å². The molecule has 8 heteroatoms. The normalized spacial score (nSPS) is 12.6. The Hall–Kier alpha value is -1.98. The van der Waals surface area contributed by atoms with Gasteiger partial charge in [0.2, 0.25) is 10.0 Å². The molecule has 0 radical (unpaired) electrons. The largest absolute Gasteiger partial charge is 0.269 e. The van der Waals surface area contributed by atoms with Gasteiger partial charge in [-0.05, 0) is 18.9 Å². The summed E-state index contributed by atoms with van der Waals surface area (Å²) < 4.78 is 25.3. The Morgan fingerprint density at radius 1 is 1.42 bits per heavy atom. The number of sulfonamides is 1. The fourth-order valence-corrected chi connectivity index (χ4v) is 2.09. The first-order valence-electron chi connectivity index (χ1n) is 5.48. The summed E-state index contributed by atoms with van der Waals surface area (Å²) in [6.45, 7) is 1.44. The number of nitriles is 1. The van der Waals surface area contributed by atoms with Gasteiger partial charge in [-0.2, -0.15) is 5.26 Å². The van der Waals surface area contributed by atoms with E-state index in [1.165, 1.54) is 19.1 Å². The van der Waals surface area contributed by atoms with Gasteiger partial charge in [-0.3, -0.25) is 10.1 Å². The van der Waals surface area contributed by atoms with Crippen LogP contribution in [0.1, 0.15) is 12.5 Å². The third-order valence-corrected chi connectivity index (χ3v) is 4.15. The number of benzene rings is 1. The van der Waals surface area contributed by atoms with E-state index >= 15 is 0 Å². The molecule has 0 saturated carbocycles. The van der Waals surface area contributed by atoms with Gasteiger partial charge in [-0.1, -0.05) is 12.1 Å². The van der Waals surface area contributed by atoms with Gasteiger partial charge in [0.1, 0.15) is 0 Å². The minimum Gasteiger partial charge on any atom is -0.258 e. The highest BCUT2D eigenvalue weighted by Gasteiger charge is 2.18. The minimum absolute atomic E-state index is 0.0116. The predicted molar refractivity (Wildman–Crippen MR) is 68.8 cm³/mol. The van der Waals surface area contributed by atoms with Crippen molar-refractivity contribution in [3.8, 4) is 6.07 Å². The van der Waals surface area contributed by atoms with Crippen LogP contribution < -0.4 is 4.72 Å². The second-order valence-corrected chi connectivity index (χ2v) is 5.97. The Morgan fingerprint density at radius 2 is 2.00 bits per heavy atom. The summed E-state index contributed by atoms with van der Waals surface area (Å²) in [7, 11) is -3.62. The summed E-state index contributed by atoms with van der Waals surface area (Å²) in [6.07, 6.45) is 0.398. The first-order chi connectivity index (χ1) is 8.86. The molecule has 0 bridgehead atoms. The quantitative estimate of drug-likeness (QED) is 0.617. The van der Waals surface area contributed by atoms with Gasteiger partial charge in [-0.15, -0.1) is 0 Å². The molecule has 1 aromatic rings. The molecule has 0 spiro atoms. The van der Waals surface area contributed by atoms with Gasteiger partial charge in [-0.25, -0.2) is 13.1 Å². The average molecular weight is 283 g/mol. The zero-order valence-corrected chi connectivity index (χ0v) is 11.1. The highest BCUT2D eigenvalue weighted by molar-refractivity contribution is 7.90. The maximum atomic E-state index is 11.5. The molecule has 1 N–H and O–H groups in total. The molecule has 102 valence electrons. The molecule has 19 heavy (non-hydrogen) atoms. The number of nitro groups is 1. The van der Waals surface area contributed by atoms with E-state index in [-0.39, 0.29) is 12.2 Å². The van der Waals surface area contributed by atoms with Gasteiger partial charge in [0.05, 0.1) is 11.0 Å². The average Bonchev–Trinajstić information content (AvgIpc) is 2.38. The first kappa shape index (κ1) is 15.1. The number of nitrogens with one attached hydrogen (secondary N) is 1. The molecular weight excluding hydrogens is 270 g/mol. The fourth-order valence-electron chi connectivity index (χ4n) is 1.32. The molecule has 1 atom stereocenters. The SMILES string of the molecule is CC(C#N)S(=O)(=O)NCCc1ccc([N+](=O)[O-])cc1. The van der Waals surface area contributed by atoms with Crippen molar-refractivity contribution in [2.45, 2.75) is 18.6 Å². The second kappa shape index (κ2) is 6.26. The number of hydrogen-bond acceptors (Lipinski definition) is 5. The highest BCUT2D eigenvalue weighted by atomic mass is 32.2. The maximum Gasteiger partial charge on any atom is 0.269 e. The lowest BCUT2D eigenvalue weighted by Crippen LogP contribution is -2.33. The van der Waals surface area contributed by atoms with Crippen LogP contribution in [0.25, 0.3) is 0 Å². The summed E-state index contributed by atoms with van der Waals surface area (Å²) in [5.41, 5.74) is 0.764. The van der Waals surface area contributed by atoms with Crippen molar-refractivity contribution in [3.05, 3.63) is 39.9 Å². The van der Waals surface area contributed by atoms with Crippen molar-refractivity contribution in [2.24, 2.45) is 0 Å². The summed E-state index contributed by atoms with van der Waals surface area (Å²) in [5, 5.41) is 17.9. The molecule has 0 aliphatic carbocycles. The Labute approximate surface area is 111 Å². The van der Waals surface area contributed by atoms with Gasteiger partial charge >= 0.3 is 0 Å². The molecule has 7 nitrogen and oxygen atoms in total. The Kier molecular flexibility index (Phi) is 4.97. The van der Waals surface area contributed by atoms with E-state index in [0.717, 1.165) is 5.56 Å². The van der Waals surface area contributed by atoms with E-state index < -0.39 is 20.2 Å². The van der Waals surface area contributed by atoms with Crippen LogP contribution in [0.2, 0.25) is 0 Å². The molecule has 0 heterocycles. The lowest BCUT2D eigenvalue weighted by molar-refractivity contribution is -0.384. The van der Waals surface area contributed by atoms with E-state index in [9.17, 15) is 18.5 Å². The topological polar surface area (TPSA) is 113 Å². The number of non-ortho nitro benzene ring substituents is 1. The van der Waals surface area contributed by atoms with E-state index in [1.54, 1.807) is 18.2 Å². The standard InChI is InChI=1S/C11H13N3O4S/c1-9(8-12)19(17,18)13-7-6-10-2-4-11(5-3-10)14(15)16/h2-5,9,13H,6-7H2,1H3. The lowest BCUT2D eigenvalue weighted by Gasteiger charge is -2.07. The molecule has 0 aliphatic rings. The number of rotatable bonds is 6. The lowest BCUT2D eigenvalue weighted by atomic mass is 10.1. The molecule has 0 aliphatic heterocycles. The summed E-state index contributed by atoms with van der Waals surface area (Å²) in [4.78, 5) is 9.95. The second-order valence-electron chi connectivity index (χ2n) is 3.88.